The summed E-state index contributed by atoms with van der Waals surface area (Å²) in [5.41, 5.74) is 1.84. The van der Waals surface area contributed by atoms with Crippen molar-refractivity contribution in [1.82, 2.24) is 9.88 Å². The van der Waals surface area contributed by atoms with Gasteiger partial charge in [0.1, 0.15) is 5.56 Å². The summed E-state index contributed by atoms with van der Waals surface area (Å²) in [6.45, 7) is 1.20. The van der Waals surface area contributed by atoms with Crippen LogP contribution in [0.25, 0.3) is 10.9 Å². The number of aromatic amines is 1. The number of carboxylic acids is 1. The Morgan fingerprint density at radius 3 is 2.61 bits per heavy atom. The minimum atomic E-state index is -0.940. The molecule has 4 rings (SSSR count). The van der Waals surface area contributed by atoms with Gasteiger partial charge in [0.2, 0.25) is 0 Å². The maximum absolute atomic E-state index is 12.9. The van der Waals surface area contributed by atoms with Gasteiger partial charge in [-0.3, -0.25) is 9.59 Å². The van der Waals surface area contributed by atoms with Crippen molar-refractivity contribution in [2.45, 2.75) is 12.8 Å². The van der Waals surface area contributed by atoms with Crippen molar-refractivity contribution < 1.29 is 14.7 Å². The molecule has 2 heterocycles. The Balaban J connectivity index is 1.46. The first-order chi connectivity index (χ1) is 13.5. The largest absolute Gasteiger partial charge is 0.478 e. The summed E-state index contributed by atoms with van der Waals surface area (Å²) in [5.74, 6) is -0.889. The van der Waals surface area contributed by atoms with Crippen molar-refractivity contribution in [2.75, 3.05) is 13.1 Å². The zero-order chi connectivity index (χ0) is 19.7. The van der Waals surface area contributed by atoms with Crippen LogP contribution in [0.3, 0.4) is 0 Å². The van der Waals surface area contributed by atoms with Crippen LogP contribution in [-0.4, -0.2) is 40.0 Å². The van der Waals surface area contributed by atoms with E-state index in [4.69, 9.17) is 5.11 Å². The van der Waals surface area contributed by atoms with Gasteiger partial charge in [-0.2, -0.15) is 0 Å². The molecule has 0 bridgehead atoms. The van der Waals surface area contributed by atoms with Crippen molar-refractivity contribution >= 4 is 22.8 Å². The van der Waals surface area contributed by atoms with Crippen LogP contribution in [0, 0.1) is 5.92 Å². The Morgan fingerprint density at radius 2 is 1.86 bits per heavy atom. The van der Waals surface area contributed by atoms with Gasteiger partial charge in [-0.1, -0.05) is 30.3 Å². The average molecular weight is 376 g/mol. The first-order valence-electron chi connectivity index (χ1n) is 9.25. The molecular formula is C22H20N2O4. The quantitative estimate of drug-likeness (QED) is 0.732. The lowest BCUT2D eigenvalue weighted by Crippen LogP contribution is -2.33. The zero-order valence-electron chi connectivity index (χ0n) is 15.2. The third kappa shape index (κ3) is 3.53. The Kier molecular flexibility index (Phi) is 4.69. The molecule has 1 aliphatic heterocycles. The van der Waals surface area contributed by atoms with E-state index in [1.807, 2.05) is 36.4 Å². The summed E-state index contributed by atoms with van der Waals surface area (Å²) in [7, 11) is 0. The summed E-state index contributed by atoms with van der Waals surface area (Å²) in [6, 6.07) is 15.9. The van der Waals surface area contributed by atoms with Crippen LogP contribution in [0.2, 0.25) is 0 Å². The molecule has 2 N–H and O–H groups in total. The number of carbonyl (C=O) groups excluding carboxylic acids is 1. The highest BCUT2D eigenvalue weighted by Gasteiger charge is 2.28. The molecule has 0 aliphatic carbocycles. The number of carboxylic acid groups (broad SMARTS) is 1. The van der Waals surface area contributed by atoms with Crippen LogP contribution in [0.5, 0.6) is 0 Å². The normalized spacial score (nSPS) is 16.4. The average Bonchev–Trinajstić information content (AvgIpc) is 3.16. The summed E-state index contributed by atoms with van der Waals surface area (Å²) < 4.78 is 0. The van der Waals surface area contributed by atoms with Gasteiger partial charge in [0.05, 0.1) is 5.56 Å². The van der Waals surface area contributed by atoms with E-state index in [9.17, 15) is 14.4 Å². The summed E-state index contributed by atoms with van der Waals surface area (Å²) in [4.78, 5) is 40.7. The second kappa shape index (κ2) is 7.31. The molecule has 6 nitrogen and oxygen atoms in total. The molecule has 28 heavy (non-hydrogen) atoms. The zero-order valence-corrected chi connectivity index (χ0v) is 15.2. The van der Waals surface area contributed by atoms with Gasteiger partial charge in [0, 0.05) is 18.6 Å². The molecule has 1 unspecified atom stereocenters. The fourth-order valence-electron chi connectivity index (χ4n) is 3.78. The Hall–Kier alpha value is -3.41. The number of aromatic carboxylic acids is 1. The number of hydrogen-bond acceptors (Lipinski definition) is 3. The SMILES string of the molecule is O=C(O)c1ccc(CC2CCN(C(=O)c3cc4ccccc4[nH]c3=O)C2)cc1. The topological polar surface area (TPSA) is 90.5 Å². The van der Waals surface area contributed by atoms with E-state index in [0.717, 1.165) is 23.8 Å². The lowest BCUT2D eigenvalue weighted by atomic mass is 9.98. The maximum Gasteiger partial charge on any atom is 0.335 e. The van der Waals surface area contributed by atoms with E-state index in [-0.39, 0.29) is 22.6 Å². The van der Waals surface area contributed by atoms with E-state index in [0.29, 0.717) is 24.5 Å². The molecule has 1 aromatic heterocycles. The molecule has 1 saturated heterocycles. The van der Waals surface area contributed by atoms with E-state index >= 15 is 0 Å². The minimum absolute atomic E-state index is 0.171. The fraction of sp³-hybridized carbons (Fsp3) is 0.227. The lowest BCUT2D eigenvalue weighted by molar-refractivity contribution is 0.0696. The molecule has 3 aromatic rings. The number of H-pyrrole nitrogens is 1. The van der Waals surface area contributed by atoms with Gasteiger partial charge < -0.3 is 15.0 Å². The number of para-hydroxylation sites is 1. The van der Waals surface area contributed by atoms with Gasteiger partial charge >= 0.3 is 5.97 Å². The van der Waals surface area contributed by atoms with Crippen LogP contribution < -0.4 is 5.56 Å². The standard InChI is InChI=1S/C22H20N2O4/c25-20-18(12-17-3-1-2-4-19(17)23-20)21(26)24-10-9-15(13-24)11-14-5-7-16(8-6-14)22(27)28/h1-8,12,15H,9-11,13H2,(H,23,25)(H,27,28). The molecule has 1 aliphatic rings. The first kappa shape index (κ1) is 18.0. The predicted octanol–water partition coefficient (Wildman–Crippen LogP) is 2.93. The number of nitrogens with one attached hydrogen (secondary N) is 1. The Morgan fingerprint density at radius 1 is 1.11 bits per heavy atom. The number of hydrogen-bond donors (Lipinski definition) is 2. The van der Waals surface area contributed by atoms with Crippen molar-refractivity contribution in [3.05, 3.63) is 81.6 Å². The number of benzene rings is 2. The van der Waals surface area contributed by atoms with Gasteiger partial charge in [-0.25, -0.2) is 4.79 Å². The predicted molar refractivity (Wildman–Crippen MR) is 106 cm³/mol. The molecule has 0 radical (unpaired) electrons. The Labute approximate surface area is 161 Å². The number of pyridine rings is 1. The van der Waals surface area contributed by atoms with Gasteiger partial charge in [-0.15, -0.1) is 0 Å². The van der Waals surface area contributed by atoms with Crippen molar-refractivity contribution in [3.8, 4) is 0 Å². The number of aromatic nitrogens is 1. The Bertz CT molecular complexity index is 1100. The molecule has 0 saturated carbocycles. The maximum atomic E-state index is 12.9. The number of amides is 1. The van der Waals surface area contributed by atoms with Gasteiger partial charge in [-0.05, 0) is 54.0 Å². The minimum Gasteiger partial charge on any atom is -0.478 e. The van der Waals surface area contributed by atoms with Crippen molar-refractivity contribution in [1.29, 1.82) is 0 Å². The smallest absolute Gasteiger partial charge is 0.335 e. The molecule has 6 heteroatoms. The molecule has 1 atom stereocenters. The van der Waals surface area contributed by atoms with E-state index in [2.05, 4.69) is 4.98 Å². The molecule has 0 spiro atoms. The number of nitrogens with zero attached hydrogens (tertiary/aromatic N) is 1. The summed E-state index contributed by atoms with van der Waals surface area (Å²) in [5, 5.41) is 9.81. The molecule has 1 amide bonds. The van der Waals surface area contributed by atoms with E-state index in [1.165, 1.54) is 0 Å². The molecule has 142 valence electrons. The molecule has 1 fully saturated rings. The summed E-state index contributed by atoms with van der Waals surface area (Å²) >= 11 is 0. The first-order valence-corrected chi connectivity index (χ1v) is 9.25. The fourth-order valence-corrected chi connectivity index (χ4v) is 3.78. The number of fused-ring (bicyclic) bond motifs is 1. The van der Waals surface area contributed by atoms with Crippen LogP contribution in [0.4, 0.5) is 0 Å². The monoisotopic (exact) mass is 376 g/mol. The van der Waals surface area contributed by atoms with Crippen molar-refractivity contribution in [2.24, 2.45) is 5.92 Å². The second-order valence-corrected chi connectivity index (χ2v) is 7.21. The van der Waals surface area contributed by atoms with E-state index in [1.54, 1.807) is 23.1 Å². The second-order valence-electron chi connectivity index (χ2n) is 7.21. The molecule has 2 aromatic carbocycles. The third-order valence-corrected chi connectivity index (χ3v) is 5.28. The highest BCUT2D eigenvalue weighted by Crippen LogP contribution is 2.23. The van der Waals surface area contributed by atoms with Gasteiger partial charge in [0.25, 0.3) is 11.5 Å². The third-order valence-electron chi connectivity index (χ3n) is 5.28. The summed E-state index contributed by atoms with van der Waals surface area (Å²) in [6.07, 6.45) is 1.63. The molecular weight excluding hydrogens is 356 g/mol. The highest BCUT2D eigenvalue weighted by atomic mass is 16.4. The number of likely N-dealkylation sites (tertiary alicyclic amines) is 1. The van der Waals surface area contributed by atoms with Crippen LogP contribution in [0.1, 0.15) is 32.7 Å². The number of rotatable bonds is 4. The number of carbonyl (C=O) groups is 2. The van der Waals surface area contributed by atoms with Crippen LogP contribution >= 0.6 is 0 Å². The lowest BCUT2D eigenvalue weighted by Gasteiger charge is -2.16. The highest BCUT2D eigenvalue weighted by molar-refractivity contribution is 5.97. The van der Waals surface area contributed by atoms with Gasteiger partial charge in [0.15, 0.2) is 0 Å². The van der Waals surface area contributed by atoms with E-state index < -0.39 is 5.97 Å². The van der Waals surface area contributed by atoms with Crippen LogP contribution in [0.15, 0.2) is 59.4 Å². The van der Waals surface area contributed by atoms with Crippen LogP contribution in [-0.2, 0) is 6.42 Å². The van der Waals surface area contributed by atoms with Crippen molar-refractivity contribution in [3.63, 3.8) is 0 Å².